The summed E-state index contributed by atoms with van der Waals surface area (Å²) in [4.78, 5) is 23.8. The highest BCUT2D eigenvalue weighted by Gasteiger charge is 2.18. The normalized spacial score (nSPS) is 12.3. The maximum atomic E-state index is 12.7. The average molecular weight is 341 g/mol. The van der Waals surface area contributed by atoms with Gasteiger partial charge in [0.1, 0.15) is 9.53 Å². The molecule has 4 aromatic rings. The van der Waals surface area contributed by atoms with Crippen LogP contribution in [0.2, 0.25) is 0 Å². The lowest BCUT2D eigenvalue weighted by Crippen LogP contribution is -2.25. The molecule has 0 spiro atoms. The molecule has 0 amide bonds. The fourth-order valence-electron chi connectivity index (χ4n) is 2.36. The van der Waals surface area contributed by atoms with Gasteiger partial charge in [-0.3, -0.25) is 9.36 Å². The number of fused-ring (bicyclic) bond motifs is 3. The molecule has 24 heavy (non-hydrogen) atoms. The zero-order valence-electron chi connectivity index (χ0n) is 13.5. The third-order valence-electron chi connectivity index (χ3n) is 3.59. The monoisotopic (exact) mass is 341 g/mol. The molecule has 0 saturated heterocycles. The van der Waals surface area contributed by atoms with E-state index < -0.39 is 0 Å². The molecular formula is C15H15N7OS. The summed E-state index contributed by atoms with van der Waals surface area (Å²) in [6.45, 7) is 6.20. The standard InChI is InChI=1S/C15H15N7OS/c1-15(2,3)22-19-10(18-20-22)7-21-8-17-11-9-5-4-6-16-13(9)24-12(11)14(21)23/h4-6,8H,7H2,1-3H3. The molecule has 4 rings (SSSR count). The molecule has 122 valence electrons. The van der Waals surface area contributed by atoms with E-state index in [1.165, 1.54) is 22.2 Å². The fraction of sp³-hybridized carbons (Fsp3) is 0.333. The number of hydrogen-bond acceptors (Lipinski definition) is 7. The van der Waals surface area contributed by atoms with Crippen molar-refractivity contribution in [2.45, 2.75) is 32.9 Å². The quantitative estimate of drug-likeness (QED) is 0.552. The summed E-state index contributed by atoms with van der Waals surface area (Å²) in [5.74, 6) is 0.479. The molecule has 4 aromatic heterocycles. The second-order valence-electron chi connectivity index (χ2n) is 6.48. The lowest BCUT2D eigenvalue weighted by atomic mass is 10.1. The van der Waals surface area contributed by atoms with Gasteiger partial charge in [0.25, 0.3) is 5.56 Å². The highest BCUT2D eigenvalue weighted by Crippen LogP contribution is 2.27. The number of rotatable bonds is 2. The minimum atomic E-state index is -0.254. The Kier molecular flexibility index (Phi) is 3.20. The van der Waals surface area contributed by atoms with Gasteiger partial charge in [0.05, 0.1) is 23.9 Å². The van der Waals surface area contributed by atoms with Gasteiger partial charge in [0.15, 0.2) is 5.82 Å². The van der Waals surface area contributed by atoms with E-state index in [9.17, 15) is 4.79 Å². The van der Waals surface area contributed by atoms with Crippen LogP contribution in [0.5, 0.6) is 0 Å². The van der Waals surface area contributed by atoms with Crippen LogP contribution in [-0.4, -0.2) is 34.7 Å². The summed E-state index contributed by atoms with van der Waals surface area (Å²) in [6.07, 6.45) is 3.24. The number of nitrogens with zero attached hydrogens (tertiary/aromatic N) is 7. The van der Waals surface area contributed by atoms with Gasteiger partial charge in [-0.25, -0.2) is 9.97 Å². The van der Waals surface area contributed by atoms with Crippen molar-refractivity contribution in [3.63, 3.8) is 0 Å². The SMILES string of the molecule is CC(C)(C)n1nnc(Cn2cnc3c(sc4ncccc43)c2=O)n1. The van der Waals surface area contributed by atoms with E-state index in [-0.39, 0.29) is 17.6 Å². The first-order valence-electron chi connectivity index (χ1n) is 7.45. The van der Waals surface area contributed by atoms with Crippen LogP contribution in [0.3, 0.4) is 0 Å². The Morgan fingerprint density at radius 1 is 1.25 bits per heavy atom. The zero-order chi connectivity index (χ0) is 16.9. The van der Waals surface area contributed by atoms with Gasteiger partial charge < -0.3 is 0 Å². The molecule has 0 aromatic carbocycles. The lowest BCUT2D eigenvalue weighted by Gasteiger charge is -2.15. The molecule has 0 aliphatic rings. The van der Waals surface area contributed by atoms with Crippen molar-refractivity contribution in [1.29, 1.82) is 0 Å². The van der Waals surface area contributed by atoms with E-state index in [4.69, 9.17) is 0 Å². The number of hydrogen-bond donors (Lipinski definition) is 0. The largest absolute Gasteiger partial charge is 0.290 e. The Bertz CT molecular complexity index is 1100. The molecule has 0 fully saturated rings. The van der Waals surface area contributed by atoms with E-state index in [2.05, 4.69) is 25.4 Å². The molecule has 0 atom stereocenters. The van der Waals surface area contributed by atoms with Crippen molar-refractivity contribution in [2.75, 3.05) is 0 Å². The van der Waals surface area contributed by atoms with Gasteiger partial charge in [0.2, 0.25) is 0 Å². The summed E-state index contributed by atoms with van der Waals surface area (Å²) in [7, 11) is 0. The van der Waals surface area contributed by atoms with Gasteiger partial charge in [-0.2, -0.15) is 4.80 Å². The molecule has 0 unspecified atom stereocenters. The Morgan fingerprint density at radius 2 is 2.08 bits per heavy atom. The second-order valence-corrected chi connectivity index (χ2v) is 7.48. The number of aromatic nitrogens is 7. The van der Waals surface area contributed by atoms with Crippen LogP contribution >= 0.6 is 11.3 Å². The first-order chi connectivity index (χ1) is 11.4. The van der Waals surface area contributed by atoms with Crippen molar-refractivity contribution < 1.29 is 0 Å². The van der Waals surface area contributed by atoms with E-state index in [0.717, 1.165) is 10.2 Å². The second kappa shape index (κ2) is 5.17. The van der Waals surface area contributed by atoms with E-state index >= 15 is 0 Å². The highest BCUT2D eigenvalue weighted by molar-refractivity contribution is 7.25. The predicted molar refractivity (Wildman–Crippen MR) is 91.1 cm³/mol. The molecule has 0 radical (unpaired) electrons. The van der Waals surface area contributed by atoms with Crippen molar-refractivity contribution in [3.8, 4) is 0 Å². The summed E-state index contributed by atoms with van der Waals surface area (Å²) in [5, 5.41) is 13.3. The maximum absolute atomic E-state index is 12.7. The van der Waals surface area contributed by atoms with Crippen LogP contribution in [0, 0.1) is 0 Å². The smallest absolute Gasteiger partial charge is 0.271 e. The van der Waals surface area contributed by atoms with Crippen LogP contribution in [-0.2, 0) is 12.1 Å². The molecule has 8 nitrogen and oxygen atoms in total. The van der Waals surface area contributed by atoms with Gasteiger partial charge >= 0.3 is 0 Å². The third-order valence-corrected chi connectivity index (χ3v) is 4.68. The summed E-state index contributed by atoms with van der Waals surface area (Å²) in [5.41, 5.74) is 0.320. The summed E-state index contributed by atoms with van der Waals surface area (Å²) in [6, 6.07) is 3.77. The van der Waals surface area contributed by atoms with E-state index in [1.54, 1.807) is 11.0 Å². The van der Waals surface area contributed by atoms with Gasteiger partial charge in [-0.1, -0.05) is 0 Å². The summed E-state index contributed by atoms with van der Waals surface area (Å²) < 4.78 is 2.09. The molecule has 0 bridgehead atoms. The Hall–Kier alpha value is -2.68. The molecule has 0 N–H and O–H groups in total. The van der Waals surface area contributed by atoms with Crippen LogP contribution in [0.25, 0.3) is 20.4 Å². The Morgan fingerprint density at radius 3 is 2.83 bits per heavy atom. The number of thiophene rings is 1. The van der Waals surface area contributed by atoms with E-state index in [1.807, 2.05) is 32.9 Å². The van der Waals surface area contributed by atoms with Crippen molar-refractivity contribution in [2.24, 2.45) is 0 Å². The maximum Gasteiger partial charge on any atom is 0.271 e. The fourth-order valence-corrected chi connectivity index (χ4v) is 3.40. The topological polar surface area (TPSA) is 91.4 Å². The van der Waals surface area contributed by atoms with Gasteiger partial charge in [-0.15, -0.1) is 21.5 Å². The van der Waals surface area contributed by atoms with Crippen LogP contribution < -0.4 is 5.56 Å². The van der Waals surface area contributed by atoms with Crippen molar-refractivity contribution in [1.82, 2.24) is 34.7 Å². The predicted octanol–water partition coefficient (Wildman–Crippen LogP) is 1.80. The number of tetrazole rings is 1. The average Bonchev–Trinajstić information content (AvgIpc) is 3.15. The Labute approximate surface area is 140 Å². The molecule has 0 aliphatic carbocycles. The van der Waals surface area contributed by atoms with Crippen molar-refractivity contribution >= 4 is 31.8 Å². The molecule has 4 heterocycles. The highest BCUT2D eigenvalue weighted by atomic mass is 32.1. The molecule has 9 heteroatoms. The van der Waals surface area contributed by atoms with E-state index in [0.29, 0.717) is 16.0 Å². The minimum Gasteiger partial charge on any atom is -0.290 e. The van der Waals surface area contributed by atoms with Crippen molar-refractivity contribution in [3.05, 3.63) is 40.8 Å². The Balaban J connectivity index is 1.77. The molecular weight excluding hydrogens is 326 g/mol. The van der Waals surface area contributed by atoms with Crippen LogP contribution in [0.15, 0.2) is 29.5 Å². The molecule has 0 aliphatic heterocycles. The zero-order valence-corrected chi connectivity index (χ0v) is 14.3. The first kappa shape index (κ1) is 14.9. The third kappa shape index (κ3) is 2.37. The van der Waals surface area contributed by atoms with Crippen LogP contribution in [0.4, 0.5) is 0 Å². The lowest BCUT2D eigenvalue weighted by molar-refractivity contribution is 0.305. The number of pyridine rings is 1. The van der Waals surface area contributed by atoms with Crippen LogP contribution in [0.1, 0.15) is 26.6 Å². The molecule has 0 saturated carbocycles. The first-order valence-corrected chi connectivity index (χ1v) is 8.27. The van der Waals surface area contributed by atoms with Gasteiger partial charge in [0, 0.05) is 11.6 Å². The van der Waals surface area contributed by atoms with Gasteiger partial charge in [-0.05, 0) is 38.1 Å². The minimum absolute atomic E-state index is 0.116. The summed E-state index contributed by atoms with van der Waals surface area (Å²) >= 11 is 1.35.